The molecule has 2 fully saturated rings. The number of amides is 1. The predicted octanol–water partition coefficient (Wildman–Crippen LogP) is 3.34. The molecule has 1 aliphatic heterocycles. The van der Waals surface area contributed by atoms with E-state index in [2.05, 4.69) is 30.5 Å². The van der Waals surface area contributed by atoms with Crippen molar-refractivity contribution in [1.82, 2.24) is 25.2 Å². The van der Waals surface area contributed by atoms with Gasteiger partial charge in [-0.25, -0.2) is 23.1 Å². The van der Waals surface area contributed by atoms with E-state index in [9.17, 15) is 18.0 Å². The highest BCUT2D eigenvalue weighted by Gasteiger charge is 2.48. The standard InChI is InChI=1S/C25H25F3N6O/c1-34-12-18(13-34)33-23(35)15-4-5-20(27)19(7-15)16-10-30-24(31-11-16)32-14-25(8-17(26)9-25)22-21(28)3-2-6-29-22/h2-7,10-11,17-18H,8-9,12-14H2,1H3,(H,33,35)(H,30,31,32)/t17-,25-. The van der Waals surface area contributed by atoms with Crippen molar-refractivity contribution in [2.45, 2.75) is 30.5 Å². The summed E-state index contributed by atoms with van der Waals surface area (Å²) < 4.78 is 42.6. The first kappa shape index (κ1) is 23.2. The lowest BCUT2D eigenvalue weighted by Crippen LogP contribution is -2.57. The van der Waals surface area contributed by atoms with E-state index in [1.54, 1.807) is 0 Å². The Balaban J connectivity index is 1.28. The SMILES string of the molecule is CN1CC(NC(=O)c2ccc(F)c(-c3cnc(NC[C@]4(c5ncccc5F)C[C@H](F)C4)nc3)c2)C1. The molecule has 10 heteroatoms. The second-order valence-electron chi connectivity index (χ2n) is 9.35. The molecule has 2 aliphatic rings. The lowest BCUT2D eigenvalue weighted by atomic mass is 9.65. The van der Waals surface area contributed by atoms with Crippen LogP contribution in [0.25, 0.3) is 11.1 Å². The maximum Gasteiger partial charge on any atom is 0.251 e. The van der Waals surface area contributed by atoms with Gasteiger partial charge in [-0.05, 0) is 50.2 Å². The predicted molar refractivity (Wildman–Crippen MR) is 125 cm³/mol. The molecular formula is C25H25F3N6O. The Morgan fingerprint density at radius 3 is 2.51 bits per heavy atom. The van der Waals surface area contributed by atoms with Gasteiger partial charge in [0, 0.05) is 60.3 Å². The van der Waals surface area contributed by atoms with Gasteiger partial charge in [0.1, 0.15) is 17.8 Å². The van der Waals surface area contributed by atoms with Crippen molar-refractivity contribution in [3.63, 3.8) is 0 Å². The Bertz CT molecular complexity index is 1230. The molecule has 1 saturated heterocycles. The van der Waals surface area contributed by atoms with Gasteiger partial charge in [-0.3, -0.25) is 9.78 Å². The summed E-state index contributed by atoms with van der Waals surface area (Å²) in [7, 11) is 1.97. The van der Waals surface area contributed by atoms with Crippen molar-refractivity contribution in [3.05, 3.63) is 71.8 Å². The topological polar surface area (TPSA) is 83.0 Å². The number of likely N-dealkylation sites (tertiary alicyclic amines) is 1. The number of carbonyl (C=O) groups is 1. The van der Waals surface area contributed by atoms with E-state index in [4.69, 9.17) is 0 Å². The van der Waals surface area contributed by atoms with E-state index >= 15 is 0 Å². The van der Waals surface area contributed by atoms with Crippen molar-refractivity contribution in [2.75, 3.05) is 32.0 Å². The molecule has 0 radical (unpaired) electrons. The van der Waals surface area contributed by atoms with Gasteiger partial charge in [-0.1, -0.05) is 0 Å². The van der Waals surface area contributed by atoms with Crippen LogP contribution in [0.3, 0.4) is 0 Å². The largest absolute Gasteiger partial charge is 0.353 e. The molecule has 0 unspecified atom stereocenters. The van der Waals surface area contributed by atoms with Crippen LogP contribution in [0.1, 0.15) is 28.9 Å². The van der Waals surface area contributed by atoms with E-state index in [1.807, 2.05) is 7.05 Å². The molecule has 0 bridgehead atoms. The number of hydrogen-bond acceptors (Lipinski definition) is 6. The minimum absolute atomic E-state index is 0.0842. The number of rotatable bonds is 7. The lowest BCUT2D eigenvalue weighted by molar-refractivity contribution is 0.0857. The fourth-order valence-corrected chi connectivity index (χ4v) is 4.74. The van der Waals surface area contributed by atoms with Crippen LogP contribution in [-0.2, 0) is 5.41 Å². The minimum atomic E-state index is -1.01. The van der Waals surface area contributed by atoms with Crippen molar-refractivity contribution < 1.29 is 18.0 Å². The number of pyridine rings is 1. The van der Waals surface area contributed by atoms with Crippen molar-refractivity contribution in [2.24, 2.45) is 0 Å². The molecule has 7 nitrogen and oxygen atoms in total. The molecule has 3 heterocycles. The Morgan fingerprint density at radius 1 is 1.11 bits per heavy atom. The number of benzene rings is 1. The number of alkyl halides is 1. The van der Waals surface area contributed by atoms with Gasteiger partial charge in [0.15, 0.2) is 0 Å². The lowest BCUT2D eigenvalue weighted by Gasteiger charge is -2.43. The van der Waals surface area contributed by atoms with Gasteiger partial charge in [0.05, 0.1) is 11.7 Å². The van der Waals surface area contributed by atoms with E-state index in [0.29, 0.717) is 11.1 Å². The summed E-state index contributed by atoms with van der Waals surface area (Å²) >= 11 is 0. The first-order valence-electron chi connectivity index (χ1n) is 11.4. The smallest absolute Gasteiger partial charge is 0.251 e. The van der Waals surface area contributed by atoms with Gasteiger partial charge >= 0.3 is 0 Å². The number of nitrogens with zero attached hydrogens (tertiary/aromatic N) is 4. The zero-order chi connectivity index (χ0) is 24.6. The summed E-state index contributed by atoms with van der Waals surface area (Å²) in [5.41, 5.74) is 0.410. The van der Waals surface area contributed by atoms with E-state index in [0.717, 1.165) is 13.1 Å². The highest BCUT2D eigenvalue weighted by Crippen LogP contribution is 2.45. The van der Waals surface area contributed by atoms with Crippen LogP contribution < -0.4 is 10.6 Å². The van der Waals surface area contributed by atoms with E-state index in [-0.39, 0.29) is 48.5 Å². The van der Waals surface area contributed by atoms with Crippen LogP contribution in [0.2, 0.25) is 0 Å². The van der Waals surface area contributed by atoms with Crippen molar-refractivity contribution >= 4 is 11.9 Å². The Hall–Kier alpha value is -3.53. The molecule has 1 aliphatic carbocycles. The monoisotopic (exact) mass is 482 g/mol. The molecule has 3 aromatic rings. The molecule has 5 rings (SSSR count). The first-order valence-corrected chi connectivity index (χ1v) is 11.4. The third kappa shape index (κ3) is 4.70. The van der Waals surface area contributed by atoms with Gasteiger partial charge in [-0.15, -0.1) is 0 Å². The summed E-state index contributed by atoms with van der Waals surface area (Å²) in [5, 5.41) is 5.97. The molecular weight excluding hydrogens is 457 g/mol. The Labute approximate surface area is 200 Å². The van der Waals surface area contributed by atoms with Crippen LogP contribution in [0.15, 0.2) is 48.9 Å². The molecule has 35 heavy (non-hydrogen) atoms. The van der Waals surface area contributed by atoms with Crippen LogP contribution in [0, 0.1) is 11.6 Å². The molecule has 2 N–H and O–H groups in total. The molecule has 0 spiro atoms. The van der Waals surface area contributed by atoms with Gasteiger partial charge in [0.25, 0.3) is 5.91 Å². The fourth-order valence-electron chi connectivity index (χ4n) is 4.74. The third-order valence-electron chi connectivity index (χ3n) is 6.66. The number of nitrogens with one attached hydrogen (secondary N) is 2. The van der Waals surface area contributed by atoms with Crippen molar-refractivity contribution in [3.8, 4) is 11.1 Å². The number of halogens is 3. The van der Waals surface area contributed by atoms with Gasteiger partial charge < -0.3 is 15.5 Å². The van der Waals surface area contributed by atoms with Gasteiger partial charge in [-0.2, -0.15) is 0 Å². The molecule has 0 atom stereocenters. The van der Waals surface area contributed by atoms with E-state index < -0.39 is 23.2 Å². The van der Waals surface area contributed by atoms with Crippen molar-refractivity contribution in [1.29, 1.82) is 0 Å². The molecule has 182 valence electrons. The minimum Gasteiger partial charge on any atom is -0.353 e. The maximum atomic E-state index is 14.5. The Kier molecular flexibility index (Phi) is 6.14. The van der Waals surface area contributed by atoms with E-state index in [1.165, 1.54) is 48.9 Å². The number of likely N-dealkylation sites (N-methyl/N-ethyl adjacent to an activating group) is 1. The average Bonchev–Trinajstić information content (AvgIpc) is 2.81. The average molecular weight is 483 g/mol. The van der Waals surface area contributed by atoms with Crippen LogP contribution in [0.4, 0.5) is 19.1 Å². The molecule has 1 saturated carbocycles. The maximum absolute atomic E-state index is 14.5. The second-order valence-corrected chi connectivity index (χ2v) is 9.35. The molecule has 2 aromatic heterocycles. The number of hydrogen-bond donors (Lipinski definition) is 2. The fraction of sp³-hybridized carbons (Fsp3) is 0.360. The normalized spacial score (nSPS) is 22.2. The number of anilines is 1. The second kappa shape index (κ2) is 9.26. The number of aromatic nitrogens is 3. The zero-order valence-electron chi connectivity index (χ0n) is 19.1. The number of carbonyl (C=O) groups excluding carboxylic acids is 1. The Morgan fingerprint density at radius 2 is 1.86 bits per heavy atom. The third-order valence-corrected chi connectivity index (χ3v) is 6.66. The molecule has 1 aromatic carbocycles. The summed E-state index contributed by atoms with van der Waals surface area (Å²) in [4.78, 5) is 27.2. The van der Waals surface area contributed by atoms with Crippen LogP contribution in [-0.4, -0.2) is 64.7 Å². The summed E-state index contributed by atoms with van der Waals surface area (Å²) in [6, 6.07) is 7.07. The zero-order valence-corrected chi connectivity index (χ0v) is 19.1. The van der Waals surface area contributed by atoms with Crippen LogP contribution in [0.5, 0.6) is 0 Å². The summed E-state index contributed by atoms with van der Waals surface area (Å²) in [6.07, 6.45) is 3.68. The highest BCUT2D eigenvalue weighted by atomic mass is 19.1. The highest BCUT2D eigenvalue weighted by molar-refractivity contribution is 5.95. The summed E-state index contributed by atoms with van der Waals surface area (Å²) in [6.45, 7) is 1.77. The molecule has 1 amide bonds. The quantitative estimate of drug-likeness (QED) is 0.538. The summed E-state index contributed by atoms with van der Waals surface area (Å²) in [5.74, 6) is -0.985. The van der Waals surface area contributed by atoms with Crippen LogP contribution >= 0.6 is 0 Å². The first-order chi connectivity index (χ1) is 16.8. The van der Waals surface area contributed by atoms with Gasteiger partial charge in [0.2, 0.25) is 5.95 Å².